The molecule has 7 rings (SSSR count). The Hall–Kier alpha value is -2.34. The standard InChI is InChI=1S/C31H40N2O3S/c1-3-4-11-32(30(35)31-17-21-14-22(18-31)16-23(15-21)19-31)20-28(34)33-12-9-27-26(10-13-37-27)29(33)24-5-7-25(36-2)8-6-24/h5-8,10,13,21-23,29H,3-4,9,11-12,14-20H2,1-2H3. The lowest BCUT2D eigenvalue weighted by Crippen LogP contribution is -2.56. The number of fused-ring (bicyclic) bond motifs is 1. The maximum absolute atomic E-state index is 14.2. The van der Waals surface area contributed by atoms with Crippen molar-refractivity contribution in [1.29, 1.82) is 0 Å². The molecule has 6 heteroatoms. The van der Waals surface area contributed by atoms with Crippen LogP contribution in [-0.2, 0) is 16.0 Å². The predicted octanol–water partition coefficient (Wildman–Crippen LogP) is 6.08. The average Bonchev–Trinajstić information content (AvgIpc) is 3.38. The summed E-state index contributed by atoms with van der Waals surface area (Å²) in [4.78, 5) is 33.6. The first kappa shape index (κ1) is 25.0. The van der Waals surface area contributed by atoms with E-state index >= 15 is 0 Å². The number of amides is 2. The van der Waals surface area contributed by atoms with Crippen molar-refractivity contribution in [3.8, 4) is 5.75 Å². The largest absolute Gasteiger partial charge is 0.497 e. The highest BCUT2D eigenvalue weighted by molar-refractivity contribution is 7.10. The molecule has 2 amide bonds. The van der Waals surface area contributed by atoms with Crippen LogP contribution < -0.4 is 4.74 Å². The van der Waals surface area contributed by atoms with Crippen molar-refractivity contribution >= 4 is 23.2 Å². The van der Waals surface area contributed by atoms with Gasteiger partial charge in [0.25, 0.3) is 0 Å². The average molecular weight is 521 g/mol. The van der Waals surface area contributed by atoms with Crippen molar-refractivity contribution in [3.63, 3.8) is 0 Å². The zero-order chi connectivity index (χ0) is 25.6. The fraction of sp³-hybridized carbons (Fsp3) is 0.613. The van der Waals surface area contributed by atoms with E-state index in [9.17, 15) is 9.59 Å². The lowest BCUT2D eigenvalue weighted by Gasteiger charge is -2.56. The van der Waals surface area contributed by atoms with E-state index in [1.54, 1.807) is 18.4 Å². The van der Waals surface area contributed by atoms with Crippen LogP contribution in [-0.4, -0.2) is 48.4 Å². The zero-order valence-corrected chi connectivity index (χ0v) is 23.1. The molecular formula is C31H40N2O3S. The van der Waals surface area contributed by atoms with Gasteiger partial charge in [-0.15, -0.1) is 11.3 Å². The SMILES string of the molecule is CCCCN(CC(=O)N1CCc2sccc2C1c1ccc(OC)cc1)C(=O)C12CC3CC(CC(C3)C1)C2. The monoisotopic (exact) mass is 520 g/mol. The van der Waals surface area contributed by atoms with Crippen LogP contribution in [0.2, 0.25) is 0 Å². The molecule has 1 aromatic carbocycles. The van der Waals surface area contributed by atoms with Gasteiger partial charge in [-0.1, -0.05) is 25.5 Å². The molecule has 37 heavy (non-hydrogen) atoms. The number of unbranched alkanes of at least 4 members (excludes halogenated alkanes) is 1. The second kappa shape index (κ2) is 10.1. The van der Waals surface area contributed by atoms with Crippen LogP contribution in [0.25, 0.3) is 0 Å². The van der Waals surface area contributed by atoms with Gasteiger partial charge >= 0.3 is 0 Å². The molecule has 1 aliphatic heterocycles. The van der Waals surface area contributed by atoms with Gasteiger partial charge in [0.2, 0.25) is 11.8 Å². The van der Waals surface area contributed by atoms with Gasteiger partial charge in [0.1, 0.15) is 5.75 Å². The number of methoxy groups -OCH3 is 1. The quantitative estimate of drug-likeness (QED) is 0.424. The van der Waals surface area contributed by atoms with E-state index in [0.29, 0.717) is 13.1 Å². The summed E-state index contributed by atoms with van der Waals surface area (Å²) in [6.07, 6.45) is 9.95. The van der Waals surface area contributed by atoms with Crippen molar-refractivity contribution in [3.05, 3.63) is 51.7 Å². The number of hydrogen-bond donors (Lipinski definition) is 0. The van der Waals surface area contributed by atoms with Crippen LogP contribution in [0.5, 0.6) is 5.75 Å². The van der Waals surface area contributed by atoms with Gasteiger partial charge in [-0.05, 0) is 104 Å². The van der Waals surface area contributed by atoms with Crippen LogP contribution in [0.15, 0.2) is 35.7 Å². The minimum absolute atomic E-state index is 0.0758. The minimum atomic E-state index is -0.208. The highest BCUT2D eigenvalue weighted by Crippen LogP contribution is 2.60. The molecule has 5 aliphatic rings. The molecular weight excluding hydrogens is 480 g/mol. The van der Waals surface area contributed by atoms with Crippen molar-refractivity contribution < 1.29 is 14.3 Å². The van der Waals surface area contributed by atoms with Crippen LogP contribution in [0.4, 0.5) is 0 Å². The molecule has 0 spiro atoms. The van der Waals surface area contributed by atoms with E-state index in [2.05, 4.69) is 30.5 Å². The van der Waals surface area contributed by atoms with Gasteiger partial charge in [-0.2, -0.15) is 0 Å². The van der Waals surface area contributed by atoms with E-state index in [1.807, 2.05) is 21.9 Å². The molecule has 2 heterocycles. The Morgan fingerprint density at radius 3 is 2.35 bits per heavy atom. The zero-order valence-electron chi connectivity index (χ0n) is 22.3. The third-order valence-corrected chi connectivity index (χ3v) is 10.6. The molecule has 0 N–H and O–H groups in total. The Balaban J connectivity index is 1.26. The molecule has 198 valence electrons. The summed E-state index contributed by atoms with van der Waals surface area (Å²) in [5.74, 6) is 3.33. The van der Waals surface area contributed by atoms with Crippen molar-refractivity contribution in [2.24, 2.45) is 23.2 Å². The van der Waals surface area contributed by atoms with Gasteiger partial charge in [0, 0.05) is 18.0 Å². The first-order chi connectivity index (χ1) is 18.0. The Morgan fingerprint density at radius 1 is 1.05 bits per heavy atom. The van der Waals surface area contributed by atoms with E-state index in [1.165, 1.54) is 29.7 Å². The topological polar surface area (TPSA) is 49.9 Å². The van der Waals surface area contributed by atoms with Crippen molar-refractivity contribution in [1.82, 2.24) is 9.80 Å². The molecule has 1 atom stereocenters. The molecule has 4 saturated carbocycles. The van der Waals surface area contributed by atoms with Crippen LogP contribution in [0, 0.1) is 23.2 Å². The third kappa shape index (κ3) is 4.60. The number of nitrogens with zero attached hydrogens (tertiary/aromatic N) is 2. The number of carbonyl (C=O) groups is 2. The molecule has 0 radical (unpaired) electrons. The summed E-state index contributed by atoms with van der Waals surface area (Å²) >= 11 is 1.78. The molecule has 4 fully saturated rings. The number of benzene rings is 1. The minimum Gasteiger partial charge on any atom is -0.497 e. The molecule has 1 unspecified atom stereocenters. The number of hydrogen-bond acceptors (Lipinski definition) is 4. The van der Waals surface area contributed by atoms with Crippen LogP contribution >= 0.6 is 11.3 Å². The predicted molar refractivity (Wildman–Crippen MR) is 147 cm³/mol. The second-order valence-corrected chi connectivity index (χ2v) is 13.1. The fourth-order valence-electron chi connectivity index (χ4n) is 8.29. The molecule has 4 aliphatic carbocycles. The van der Waals surface area contributed by atoms with Gasteiger partial charge in [-0.3, -0.25) is 9.59 Å². The second-order valence-electron chi connectivity index (χ2n) is 12.1. The Morgan fingerprint density at radius 2 is 1.73 bits per heavy atom. The lowest BCUT2D eigenvalue weighted by atomic mass is 9.49. The molecule has 0 saturated heterocycles. The van der Waals surface area contributed by atoms with Gasteiger partial charge in [0.15, 0.2) is 0 Å². The maximum Gasteiger partial charge on any atom is 0.242 e. The first-order valence-corrected chi connectivity index (χ1v) is 15.2. The Labute approximate surface area is 225 Å². The summed E-state index contributed by atoms with van der Waals surface area (Å²) < 4.78 is 5.38. The summed E-state index contributed by atoms with van der Waals surface area (Å²) in [7, 11) is 1.67. The van der Waals surface area contributed by atoms with E-state index < -0.39 is 0 Å². The maximum atomic E-state index is 14.2. The fourth-order valence-corrected chi connectivity index (χ4v) is 9.20. The number of thiophene rings is 1. The van der Waals surface area contributed by atoms with Gasteiger partial charge in [0.05, 0.1) is 25.1 Å². The number of rotatable bonds is 8. The molecule has 1 aromatic heterocycles. The molecule has 2 aromatic rings. The summed E-state index contributed by atoms with van der Waals surface area (Å²) in [5.41, 5.74) is 2.11. The van der Waals surface area contributed by atoms with Crippen LogP contribution in [0.1, 0.15) is 80.3 Å². The number of carbonyl (C=O) groups excluding carboxylic acids is 2. The summed E-state index contributed by atoms with van der Waals surface area (Å²) in [5, 5.41) is 2.14. The number of ether oxygens (including phenoxy) is 1. The normalized spacial score (nSPS) is 29.7. The highest BCUT2D eigenvalue weighted by atomic mass is 32.1. The molecule has 5 nitrogen and oxygen atoms in total. The summed E-state index contributed by atoms with van der Waals surface area (Å²) in [6, 6.07) is 10.2. The van der Waals surface area contributed by atoms with Gasteiger partial charge in [-0.25, -0.2) is 0 Å². The van der Waals surface area contributed by atoms with E-state index in [4.69, 9.17) is 4.74 Å². The third-order valence-electron chi connectivity index (χ3n) is 9.60. The highest BCUT2D eigenvalue weighted by Gasteiger charge is 2.55. The van der Waals surface area contributed by atoms with Crippen molar-refractivity contribution in [2.75, 3.05) is 26.7 Å². The first-order valence-electron chi connectivity index (χ1n) is 14.3. The van der Waals surface area contributed by atoms with Crippen LogP contribution in [0.3, 0.4) is 0 Å². The Kier molecular flexibility index (Phi) is 6.81. The van der Waals surface area contributed by atoms with E-state index in [0.717, 1.165) is 67.6 Å². The van der Waals surface area contributed by atoms with E-state index in [-0.39, 0.29) is 29.8 Å². The van der Waals surface area contributed by atoms with Gasteiger partial charge < -0.3 is 14.5 Å². The van der Waals surface area contributed by atoms with Crippen molar-refractivity contribution in [2.45, 2.75) is 70.8 Å². The lowest BCUT2D eigenvalue weighted by molar-refractivity contribution is -0.160. The Bertz CT molecular complexity index is 1100. The smallest absolute Gasteiger partial charge is 0.242 e. The molecule has 4 bridgehead atoms. The summed E-state index contributed by atoms with van der Waals surface area (Å²) in [6.45, 7) is 3.74.